The minimum absolute atomic E-state index is 0.249. The van der Waals surface area contributed by atoms with Gasteiger partial charge in [-0.15, -0.1) is 0 Å². The quantitative estimate of drug-likeness (QED) is 0.587. The molecule has 0 rings (SSSR count). The van der Waals surface area contributed by atoms with E-state index in [9.17, 15) is 4.79 Å². The topological polar surface area (TPSA) is 37.3 Å². The van der Waals surface area contributed by atoms with Crippen molar-refractivity contribution in [1.82, 2.24) is 0 Å². The molecule has 0 amide bonds. The van der Waals surface area contributed by atoms with Crippen LogP contribution in [-0.4, -0.2) is 11.1 Å². The van der Waals surface area contributed by atoms with Crippen LogP contribution in [-0.2, 0) is 4.79 Å². The van der Waals surface area contributed by atoms with Crippen molar-refractivity contribution in [3.8, 4) is 0 Å². The van der Waals surface area contributed by atoms with E-state index < -0.39 is 5.97 Å². The Labute approximate surface area is 55.2 Å². The Kier molecular flexibility index (Phi) is 3.76. The number of carbonyl (C=O) groups is 1. The van der Waals surface area contributed by atoms with E-state index in [0.717, 1.165) is 0 Å². The SMILES string of the molecule is CC=CC[C@H](C)C(=O)O. The zero-order valence-corrected chi connectivity index (χ0v) is 5.79. The summed E-state index contributed by atoms with van der Waals surface area (Å²) < 4.78 is 0. The van der Waals surface area contributed by atoms with Gasteiger partial charge in [-0.3, -0.25) is 4.79 Å². The van der Waals surface area contributed by atoms with E-state index >= 15 is 0 Å². The molecule has 9 heavy (non-hydrogen) atoms. The molecule has 0 unspecified atom stereocenters. The van der Waals surface area contributed by atoms with Gasteiger partial charge in [0.1, 0.15) is 0 Å². The summed E-state index contributed by atoms with van der Waals surface area (Å²) in [5.74, 6) is -0.977. The van der Waals surface area contributed by atoms with Crippen molar-refractivity contribution in [3.63, 3.8) is 0 Å². The third-order valence-corrected chi connectivity index (χ3v) is 1.15. The van der Waals surface area contributed by atoms with Gasteiger partial charge in [0.25, 0.3) is 0 Å². The highest BCUT2D eigenvalue weighted by atomic mass is 16.4. The second-order valence-corrected chi connectivity index (χ2v) is 2.04. The van der Waals surface area contributed by atoms with Crippen molar-refractivity contribution >= 4 is 5.97 Å². The smallest absolute Gasteiger partial charge is 0.306 e. The lowest BCUT2D eigenvalue weighted by Gasteiger charge is -1.98. The first-order chi connectivity index (χ1) is 4.18. The van der Waals surface area contributed by atoms with Gasteiger partial charge in [0.05, 0.1) is 5.92 Å². The van der Waals surface area contributed by atoms with E-state index in [2.05, 4.69) is 0 Å². The minimum atomic E-state index is -0.729. The molecule has 0 aliphatic carbocycles. The van der Waals surface area contributed by atoms with Crippen LogP contribution in [0, 0.1) is 5.92 Å². The van der Waals surface area contributed by atoms with Crippen LogP contribution in [0.4, 0.5) is 0 Å². The number of hydrogen-bond donors (Lipinski definition) is 1. The highest BCUT2D eigenvalue weighted by Gasteiger charge is 2.06. The average molecular weight is 128 g/mol. The molecule has 0 spiro atoms. The minimum Gasteiger partial charge on any atom is -0.481 e. The molecule has 52 valence electrons. The standard InChI is InChI=1S/C7H12O2/c1-3-4-5-6(2)7(8)9/h3-4,6H,5H2,1-2H3,(H,8,9)/t6-/m0/s1. The predicted octanol–water partition coefficient (Wildman–Crippen LogP) is 1.67. The Balaban J connectivity index is 3.50. The number of carboxylic acids is 1. The van der Waals surface area contributed by atoms with Gasteiger partial charge in [0, 0.05) is 0 Å². The summed E-state index contributed by atoms with van der Waals surface area (Å²) in [5, 5.41) is 8.37. The van der Waals surface area contributed by atoms with Gasteiger partial charge in [-0.05, 0) is 13.3 Å². The number of hydrogen-bond acceptors (Lipinski definition) is 1. The molecule has 0 heterocycles. The Hall–Kier alpha value is -0.790. The van der Waals surface area contributed by atoms with Crippen LogP contribution < -0.4 is 0 Å². The average Bonchev–Trinajstić information content (AvgIpc) is 1.82. The summed E-state index contributed by atoms with van der Waals surface area (Å²) in [6, 6.07) is 0. The molecule has 2 heteroatoms. The molecule has 0 fully saturated rings. The van der Waals surface area contributed by atoms with E-state index in [1.54, 1.807) is 6.92 Å². The number of aliphatic carboxylic acids is 1. The van der Waals surface area contributed by atoms with Crippen LogP contribution >= 0.6 is 0 Å². The molecule has 1 atom stereocenters. The van der Waals surface area contributed by atoms with Crippen LogP contribution in [0.5, 0.6) is 0 Å². The fraction of sp³-hybridized carbons (Fsp3) is 0.571. The molecule has 0 bridgehead atoms. The maximum atomic E-state index is 10.2. The van der Waals surface area contributed by atoms with Crippen LogP contribution in [0.1, 0.15) is 20.3 Å². The summed E-state index contributed by atoms with van der Waals surface area (Å²) in [7, 11) is 0. The van der Waals surface area contributed by atoms with Gasteiger partial charge in [0.15, 0.2) is 0 Å². The van der Waals surface area contributed by atoms with Crippen LogP contribution in [0.2, 0.25) is 0 Å². The molecule has 0 radical (unpaired) electrons. The molecule has 0 aliphatic heterocycles. The van der Waals surface area contributed by atoms with Gasteiger partial charge >= 0.3 is 5.97 Å². The zero-order valence-electron chi connectivity index (χ0n) is 5.79. The van der Waals surface area contributed by atoms with Crippen molar-refractivity contribution in [3.05, 3.63) is 12.2 Å². The van der Waals surface area contributed by atoms with Gasteiger partial charge in [-0.1, -0.05) is 19.1 Å². The molecule has 0 aromatic rings. The summed E-state index contributed by atoms with van der Waals surface area (Å²) >= 11 is 0. The Bertz CT molecular complexity index is 116. The van der Waals surface area contributed by atoms with E-state index in [-0.39, 0.29) is 5.92 Å². The molecule has 2 nitrogen and oxygen atoms in total. The Morgan fingerprint density at radius 1 is 1.78 bits per heavy atom. The van der Waals surface area contributed by atoms with Crippen LogP contribution in [0.3, 0.4) is 0 Å². The number of allylic oxidation sites excluding steroid dienone is 2. The number of carboxylic acid groups (broad SMARTS) is 1. The highest BCUT2D eigenvalue weighted by molar-refractivity contribution is 5.69. The number of rotatable bonds is 3. The summed E-state index contributed by atoms with van der Waals surface area (Å²) in [6.45, 7) is 3.58. The maximum absolute atomic E-state index is 10.2. The summed E-state index contributed by atoms with van der Waals surface area (Å²) in [4.78, 5) is 10.2. The van der Waals surface area contributed by atoms with E-state index in [1.807, 2.05) is 19.1 Å². The van der Waals surface area contributed by atoms with Crippen molar-refractivity contribution in [1.29, 1.82) is 0 Å². The van der Waals surface area contributed by atoms with Crippen molar-refractivity contribution in [2.75, 3.05) is 0 Å². The third kappa shape index (κ3) is 3.76. The Morgan fingerprint density at radius 3 is 2.67 bits per heavy atom. The van der Waals surface area contributed by atoms with Crippen LogP contribution in [0.15, 0.2) is 12.2 Å². The molecule has 0 saturated heterocycles. The zero-order chi connectivity index (χ0) is 7.28. The van der Waals surface area contributed by atoms with Crippen molar-refractivity contribution in [2.45, 2.75) is 20.3 Å². The van der Waals surface area contributed by atoms with E-state index in [0.29, 0.717) is 6.42 Å². The van der Waals surface area contributed by atoms with Crippen LogP contribution in [0.25, 0.3) is 0 Å². The normalized spacial score (nSPS) is 14.0. The molecule has 0 aromatic heterocycles. The lowest BCUT2D eigenvalue weighted by atomic mass is 10.1. The highest BCUT2D eigenvalue weighted by Crippen LogP contribution is 2.01. The van der Waals surface area contributed by atoms with E-state index in [4.69, 9.17) is 5.11 Å². The summed E-state index contributed by atoms with van der Waals surface area (Å²) in [6.07, 6.45) is 4.35. The summed E-state index contributed by atoms with van der Waals surface area (Å²) in [5.41, 5.74) is 0. The van der Waals surface area contributed by atoms with Gasteiger partial charge in [-0.2, -0.15) is 0 Å². The lowest BCUT2D eigenvalue weighted by molar-refractivity contribution is -0.140. The van der Waals surface area contributed by atoms with Crippen molar-refractivity contribution < 1.29 is 9.90 Å². The molecular formula is C7H12O2. The fourth-order valence-electron chi connectivity index (χ4n) is 0.441. The van der Waals surface area contributed by atoms with E-state index in [1.165, 1.54) is 0 Å². The second-order valence-electron chi connectivity index (χ2n) is 2.04. The van der Waals surface area contributed by atoms with Crippen molar-refractivity contribution in [2.24, 2.45) is 5.92 Å². The second kappa shape index (κ2) is 4.13. The molecule has 1 N–H and O–H groups in total. The van der Waals surface area contributed by atoms with Gasteiger partial charge in [-0.25, -0.2) is 0 Å². The maximum Gasteiger partial charge on any atom is 0.306 e. The molecule has 0 saturated carbocycles. The third-order valence-electron chi connectivity index (χ3n) is 1.15. The molecular weight excluding hydrogens is 116 g/mol. The first-order valence-electron chi connectivity index (χ1n) is 3.02. The molecule has 0 aromatic carbocycles. The first kappa shape index (κ1) is 8.21. The Morgan fingerprint density at radius 2 is 2.33 bits per heavy atom. The monoisotopic (exact) mass is 128 g/mol. The lowest BCUT2D eigenvalue weighted by Crippen LogP contribution is -2.07. The van der Waals surface area contributed by atoms with Gasteiger partial charge in [0.2, 0.25) is 0 Å². The molecule has 0 aliphatic rings. The largest absolute Gasteiger partial charge is 0.481 e. The van der Waals surface area contributed by atoms with Gasteiger partial charge < -0.3 is 5.11 Å². The fourth-order valence-corrected chi connectivity index (χ4v) is 0.441. The first-order valence-corrected chi connectivity index (χ1v) is 3.02. The predicted molar refractivity (Wildman–Crippen MR) is 36.2 cm³/mol.